The molecule has 5 heterocycles. The molecular weight excluding hydrogens is 422 g/mol. The standard InChI is InChI=1S/C27H23N7/c28-22(12-8-19-14-16-34-25(19)4-2-6-27(34)31)21-11-10-20(32-17-23(21)29)9-7-18-13-15-33-24(18)3-1-5-26(33)30/h1-17,28-29H,30-31H2/b9-7+,12-8+,28-22?,29-23?. The first kappa shape index (κ1) is 21.0. The van der Waals surface area contributed by atoms with E-state index in [1.165, 1.54) is 6.20 Å². The molecule has 0 radical (unpaired) electrons. The van der Waals surface area contributed by atoms with Crippen LogP contribution in [0.15, 0.2) is 85.3 Å². The highest BCUT2D eigenvalue weighted by atomic mass is 15.0. The molecule has 166 valence electrons. The lowest BCUT2D eigenvalue weighted by Gasteiger charge is -2.00. The average molecular weight is 446 g/mol. The number of allylic oxidation sites excluding steroid dienone is 1. The summed E-state index contributed by atoms with van der Waals surface area (Å²) < 4.78 is 3.82. The number of rotatable bonds is 5. The Morgan fingerprint density at radius 1 is 0.765 bits per heavy atom. The molecule has 5 rings (SSSR count). The lowest BCUT2D eigenvalue weighted by molar-refractivity contribution is 1.20. The summed E-state index contributed by atoms with van der Waals surface area (Å²) in [6, 6.07) is 19.0. The van der Waals surface area contributed by atoms with Gasteiger partial charge in [-0.15, -0.1) is 0 Å². The number of anilines is 2. The topological polar surface area (TPSA) is 121 Å². The molecule has 5 aromatic rings. The number of pyridine rings is 2. The zero-order valence-electron chi connectivity index (χ0n) is 18.3. The Morgan fingerprint density at radius 3 is 2.03 bits per heavy atom. The molecule has 7 nitrogen and oxygen atoms in total. The van der Waals surface area contributed by atoms with Crippen molar-refractivity contribution >= 4 is 46.6 Å². The number of nitrogens with zero attached hydrogens (tertiary/aromatic N) is 3. The van der Waals surface area contributed by atoms with Crippen LogP contribution < -0.4 is 16.8 Å². The van der Waals surface area contributed by atoms with E-state index in [9.17, 15) is 0 Å². The molecule has 0 aliphatic rings. The predicted molar refractivity (Wildman–Crippen MR) is 139 cm³/mol. The zero-order valence-corrected chi connectivity index (χ0v) is 18.3. The lowest BCUT2D eigenvalue weighted by Crippen LogP contribution is -2.10. The molecule has 0 aliphatic heterocycles. The van der Waals surface area contributed by atoms with E-state index in [1.54, 1.807) is 12.1 Å². The van der Waals surface area contributed by atoms with Crippen LogP contribution in [0.1, 0.15) is 22.4 Å². The first-order valence-corrected chi connectivity index (χ1v) is 10.7. The lowest BCUT2D eigenvalue weighted by atomic mass is 10.1. The summed E-state index contributed by atoms with van der Waals surface area (Å²) in [5.74, 6) is 1.33. The highest BCUT2D eigenvalue weighted by Gasteiger charge is 2.04. The van der Waals surface area contributed by atoms with Gasteiger partial charge in [-0.25, -0.2) is 0 Å². The molecule has 0 atom stereocenters. The Balaban J connectivity index is 1.40. The maximum atomic E-state index is 8.50. The van der Waals surface area contributed by atoms with Crippen LogP contribution in [0.5, 0.6) is 0 Å². The first-order chi connectivity index (χ1) is 16.5. The Morgan fingerprint density at radius 2 is 1.38 bits per heavy atom. The molecule has 0 spiro atoms. The monoisotopic (exact) mass is 445 g/mol. The summed E-state index contributed by atoms with van der Waals surface area (Å²) >= 11 is 0. The highest BCUT2D eigenvalue weighted by molar-refractivity contribution is 6.08. The average Bonchev–Trinajstić information content (AvgIpc) is 3.39. The van der Waals surface area contributed by atoms with Crippen molar-refractivity contribution < 1.29 is 0 Å². The molecule has 34 heavy (non-hydrogen) atoms. The van der Waals surface area contributed by atoms with Crippen LogP contribution in [-0.2, 0) is 0 Å². The summed E-state index contributed by atoms with van der Waals surface area (Å²) in [5, 5.41) is 17.0. The SMILES string of the molecule is N=C(/C=C/c1ccn2c(N)cccc12)c1ccc(/C=C/c2ccn3c(N)cccc23)ncc1=N. The van der Waals surface area contributed by atoms with Gasteiger partial charge in [-0.3, -0.25) is 10.4 Å². The van der Waals surface area contributed by atoms with Crippen molar-refractivity contribution in [3.05, 3.63) is 113 Å². The zero-order chi connectivity index (χ0) is 23.7. The third kappa shape index (κ3) is 3.86. The van der Waals surface area contributed by atoms with E-state index >= 15 is 0 Å². The van der Waals surface area contributed by atoms with Gasteiger partial charge in [0.15, 0.2) is 0 Å². The maximum Gasteiger partial charge on any atom is 0.107 e. The summed E-state index contributed by atoms with van der Waals surface area (Å²) in [6.07, 6.45) is 12.7. The van der Waals surface area contributed by atoms with Crippen molar-refractivity contribution in [1.82, 2.24) is 13.8 Å². The van der Waals surface area contributed by atoms with E-state index in [-0.39, 0.29) is 11.1 Å². The van der Waals surface area contributed by atoms with Crippen LogP contribution in [0, 0.1) is 10.8 Å². The Hall–Kier alpha value is -4.91. The van der Waals surface area contributed by atoms with Gasteiger partial charge in [-0.1, -0.05) is 24.3 Å². The van der Waals surface area contributed by atoms with E-state index in [0.717, 1.165) is 22.2 Å². The smallest absolute Gasteiger partial charge is 0.107 e. The van der Waals surface area contributed by atoms with E-state index in [1.807, 2.05) is 94.0 Å². The third-order valence-electron chi connectivity index (χ3n) is 5.72. The molecule has 5 aromatic heterocycles. The molecule has 0 unspecified atom stereocenters. The van der Waals surface area contributed by atoms with E-state index < -0.39 is 0 Å². The Bertz CT molecular complexity index is 1670. The van der Waals surface area contributed by atoms with Gasteiger partial charge >= 0.3 is 0 Å². The minimum Gasteiger partial charge on any atom is -0.385 e. The fraction of sp³-hybridized carbons (Fsp3) is 0. The van der Waals surface area contributed by atoms with Crippen molar-refractivity contribution in [2.45, 2.75) is 0 Å². The van der Waals surface area contributed by atoms with E-state index in [0.29, 0.717) is 22.9 Å². The van der Waals surface area contributed by atoms with Crippen LogP contribution in [-0.4, -0.2) is 19.5 Å². The van der Waals surface area contributed by atoms with Gasteiger partial charge in [0.25, 0.3) is 0 Å². The first-order valence-electron chi connectivity index (χ1n) is 10.7. The molecule has 0 bridgehead atoms. The van der Waals surface area contributed by atoms with Gasteiger partial charge < -0.3 is 25.7 Å². The van der Waals surface area contributed by atoms with Crippen molar-refractivity contribution in [1.29, 1.82) is 10.8 Å². The normalized spacial score (nSPS) is 11.8. The molecule has 6 N–H and O–H groups in total. The number of hydrogen-bond donors (Lipinski definition) is 4. The number of aromatic nitrogens is 3. The van der Waals surface area contributed by atoms with Gasteiger partial charge in [-0.05, 0) is 60.7 Å². The quantitative estimate of drug-likeness (QED) is 0.298. The Kier molecular flexibility index (Phi) is 5.27. The molecular formula is C27H23N7. The second kappa shape index (κ2) is 8.55. The van der Waals surface area contributed by atoms with Crippen LogP contribution >= 0.6 is 0 Å². The molecule has 0 saturated heterocycles. The maximum absolute atomic E-state index is 8.50. The number of nitrogens with two attached hydrogens (primary N) is 2. The van der Waals surface area contributed by atoms with Gasteiger partial charge in [0.1, 0.15) is 11.6 Å². The minimum atomic E-state index is 0.183. The van der Waals surface area contributed by atoms with Gasteiger partial charge in [-0.2, -0.15) is 0 Å². The molecule has 0 fully saturated rings. The Labute approximate surface area is 196 Å². The summed E-state index contributed by atoms with van der Waals surface area (Å²) in [6.45, 7) is 0. The summed E-state index contributed by atoms with van der Waals surface area (Å²) in [7, 11) is 0. The van der Waals surface area contributed by atoms with E-state index in [2.05, 4.69) is 4.98 Å². The van der Waals surface area contributed by atoms with Crippen LogP contribution in [0.4, 0.5) is 11.6 Å². The van der Waals surface area contributed by atoms with E-state index in [4.69, 9.17) is 22.3 Å². The predicted octanol–water partition coefficient (Wildman–Crippen LogP) is 4.48. The molecule has 0 saturated carbocycles. The highest BCUT2D eigenvalue weighted by Crippen LogP contribution is 2.19. The summed E-state index contributed by atoms with van der Waals surface area (Å²) in [5.41, 5.74) is 17.4. The second-order valence-electron chi connectivity index (χ2n) is 7.88. The van der Waals surface area contributed by atoms with Crippen molar-refractivity contribution in [2.24, 2.45) is 0 Å². The van der Waals surface area contributed by atoms with Crippen LogP contribution in [0.3, 0.4) is 0 Å². The molecule has 0 amide bonds. The molecule has 0 aliphatic carbocycles. The molecule has 7 heteroatoms. The largest absolute Gasteiger partial charge is 0.385 e. The molecule has 0 aromatic carbocycles. The number of fused-ring (bicyclic) bond motifs is 2. The number of nitrogen functional groups attached to an aromatic ring is 2. The van der Waals surface area contributed by atoms with Crippen LogP contribution in [0.25, 0.3) is 29.3 Å². The van der Waals surface area contributed by atoms with Crippen molar-refractivity contribution in [2.75, 3.05) is 11.5 Å². The number of hydrogen-bond acceptors (Lipinski definition) is 5. The fourth-order valence-corrected chi connectivity index (χ4v) is 3.92. The second-order valence-corrected chi connectivity index (χ2v) is 7.88. The fourth-order valence-electron chi connectivity index (χ4n) is 3.92. The van der Waals surface area contributed by atoms with Crippen molar-refractivity contribution in [3.63, 3.8) is 0 Å². The third-order valence-corrected chi connectivity index (χ3v) is 5.72. The minimum absolute atomic E-state index is 0.183. The van der Waals surface area contributed by atoms with Gasteiger partial charge in [0, 0.05) is 29.1 Å². The summed E-state index contributed by atoms with van der Waals surface area (Å²) in [4.78, 5) is 4.40. The number of nitrogens with one attached hydrogen (secondary N) is 2. The van der Waals surface area contributed by atoms with Gasteiger partial charge in [0.05, 0.1) is 34.0 Å². The van der Waals surface area contributed by atoms with Gasteiger partial charge in [0.2, 0.25) is 0 Å². The van der Waals surface area contributed by atoms with Crippen molar-refractivity contribution in [3.8, 4) is 0 Å². The van der Waals surface area contributed by atoms with Crippen LogP contribution in [0.2, 0.25) is 0 Å².